The van der Waals surface area contributed by atoms with Crippen LogP contribution in [0.4, 0.5) is 9.59 Å². The number of aromatic nitrogens is 2. The Morgan fingerprint density at radius 2 is 0.944 bits per heavy atom. The van der Waals surface area contributed by atoms with Crippen LogP contribution < -0.4 is 16.3 Å². The molecule has 4 rings (SSSR count). The fraction of sp³-hybridized carbons (Fsp3) is 0.276. The predicted octanol–water partition coefficient (Wildman–Crippen LogP) is 4.96. The van der Waals surface area contributed by atoms with Crippen molar-refractivity contribution in [3.05, 3.63) is 107 Å². The van der Waals surface area contributed by atoms with E-state index in [9.17, 15) is 14.4 Å². The van der Waals surface area contributed by atoms with Gasteiger partial charge in [-0.3, -0.25) is 0 Å². The summed E-state index contributed by atoms with van der Waals surface area (Å²) in [4.78, 5) is 38.9. The fourth-order valence-corrected chi connectivity index (χ4v) is 4.29. The maximum atomic E-state index is 13.1. The molecule has 7 heteroatoms. The molecule has 0 fully saturated rings. The molecule has 0 bridgehead atoms. The number of hydrogen-bond donors (Lipinski definition) is 2. The van der Waals surface area contributed by atoms with E-state index in [4.69, 9.17) is 0 Å². The number of nitrogens with one attached hydrogen (secondary N) is 2. The summed E-state index contributed by atoms with van der Waals surface area (Å²) < 4.78 is 2.09. The van der Waals surface area contributed by atoms with Gasteiger partial charge in [0.05, 0.1) is 11.0 Å². The van der Waals surface area contributed by atoms with Crippen LogP contribution in [0.2, 0.25) is 0 Å². The Labute approximate surface area is 210 Å². The first-order chi connectivity index (χ1) is 17.6. The van der Waals surface area contributed by atoms with Gasteiger partial charge in [0.1, 0.15) is 0 Å². The number of imidazole rings is 1. The van der Waals surface area contributed by atoms with Crippen LogP contribution in [0.25, 0.3) is 11.0 Å². The summed E-state index contributed by atoms with van der Waals surface area (Å²) in [6.45, 7) is 0.899. The van der Waals surface area contributed by atoms with E-state index >= 15 is 0 Å². The highest BCUT2D eigenvalue weighted by Gasteiger charge is 2.21. The second-order valence-corrected chi connectivity index (χ2v) is 8.79. The molecule has 2 N–H and O–H groups in total. The van der Waals surface area contributed by atoms with Crippen LogP contribution in [0.5, 0.6) is 0 Å². The molecule has 0 aliphatic heterocycles. The van der Waals surface area contributed by atoms with Gasteiger partial charge in [0.15, 0.2) is 0 Å². The molecule has 1 aromatic heterocycles. The van der Waals surface area contributed by atoms with Crippen molar-refractivity contribution >= 4 is 23.1 Å². The number of fused-ring (bicyclic) bond motifs is 1. The third-order valence-electron chi connectivity index (χ3n) is 6.17. The van der Waals surface area contributed by atoms with Crippen molar-refractivity contribution in [3.63, 3.8) is 0 Å². The monoisotopic (exact) mass is 484 g/mol. The van der Waals surface area contributed by atoms with Crippen LogP contribution in [-0.2, 0) is 12.8 Å². The molecule has 0 saturated carbocycles. The molecule has 0 spiro atoms. The zero-order valence-electron chi connectivity index (χ0n) is 20.4. The lowest BCUT2D eigenvalue weighted by Gasteiger charge is -2.06. The number of para-hydroxylation sites is 2. The van der Waals surface area contributed by atoms with Crippen molar-refractivity contribution in [1.29, 1.82) is 0 Å². The maximum absolute atomic E-state index is 13.1. The SMILES string of the molecule is O=C(NCCCCc1ccccc1)n1c(=O)n(C(=O)NCCCCc2ccccc2)c2ccccc21. The smallest absolute Gasteiger partial charge is 0.337 e. The van der Waals surface area contributed by atoms with E-state index in [0.717, 1.165) is 47.7 Å². The van der Waals surface area contributed by atoms with Crippen molar-refractivity contribution in [2.45, 2.75) is 38.5 Å². The lowest BCUT2D eigenvalue weighted by Crippen LogP contribution is -2.41. The largest absolute Gasteiger partial charge is 0.345 e. The molecule has 7 nitrogen and oxygen atoms in total. The molecule has 186 valence electrons. The van der Waals surface area contributed by atoms with E-state index in [0.29, 0.717) is 24.1 Å². The van der Waals surface area contributed by atoms with Gasteiger partial charge in [-0.2, -0.15) is 0 Å². The minimum Gasteiger partial charge on any atom is -0.337 e. The molecule has 1 heterocycles. The number of aryl methyl sites for hydroxylation is 2. The first kappa shape index (κ1) is 25.0. The van der Waals surface area contributed by atoms with Crippen molar-refractivity contribution in [1.82, 2.24) is 19.8 Å². The van der Waals surface area contributed by atoms with E-state index in [-0.39, 0.29) is 0 Å². The summed E-state index contributed by atoms with van der Waals surface area (Å²) in [6.07, 6.45) is 5.29. The van der Waals surface area contributed by atoms with E-state index in [1.807, 2.05) is 36.4 Å². The van der Waals surface area contributed by atoms with Gasteiger partial charge >= 0.3 is 17.8 Å². The normalized spacial score (nSPS) is 10.9. The highest BCUT2D eigenvalue weighted by molar-refractivity contribution is 5.95. The Morgan fingerprint density at radius 1 is 0.556 bits per heavy atom. The van der Waals surface area contributed by atoms with Crippen molar-refractivity contribution in [3.8, 4) is 0 Å². The quantitative estimate of drug-likeness (QED) is 0.312. The number of rotatable bonds is 10. The fourth-order valence-electron chi connectivity index (χ4n) is 4.29. The Bertz CT molecular complexity index is 1240. The number of carbonyl (C=O) groups is 2. The lowest BCUT2D eigenvalue weighted by molar-refractivity contribution is 0.239. The second kappa shape index (κ2) is 12.5. The highest BCUT2D eigenvalue weighted by Crippen LogP contribution is 2.13. The number of hydrogen-bond acceptors (Lipinski definition) is 3. The number of amides is 2. The summed E-state index contributed by atoms with van der Waals surface area (Å²) in [5.41, 5.74) is 2.66. The van der Waals surface area contributed by atoms with Crippen LogP contribution in [0, 0.1) is 0 Å². The van der Waals surface area contributed by atoms with Gasteiger partial charge in [0.2, 0.25) is 0 Å². The van der Waals surface area contributed by atoms with Crippen molar-refractivity contribution < 1.29 is 9.59 Å². The molecular formula is C29H32N4O3. The topological polar surface area (TPSA) is 85.1 Å². The molecule has 2 amide bonds. The third kappa shape index (κ3) is 6.30. The predicted molar refractivity (Wildman–Crippen MR) is 143 cm³/mol. The minimum atomic E-state index is -0.667. The van der Waals surface area contributed by atoms with Gasteiger partial charge in [-0.15, -0.1) is 0 Å². The number of benzene rings is 3. The summed E-state index contributed by atoms with van der Waals surface area (Å²) >= 11 is 0. The van der Waals surface area contributed by atoms with Gasteiger partial charge in [0.25, 0.3) is 0 Å². The molecule has 0 radical (unpaired) electrons. The summed E-state index contributed by atoms with van der Waals surface area (Å²) in [5.74, 6) is 0. The minimum absolute atomic E-state index is 0.406. The van der Waals surface area contributed by atoms with Gasteiger partial charge in [-0.1, -0.05) is 72.8 Å². The van der Waals surface area contributed by atoms with Crippen LogP contribution in [-0.4, -0.2) is 34.3 Å². The van der Waals surface area contributed by atoms with Gasteiger partial charge in [0, 0.05) is 13.1 Å². The lowest BCUT2D eigenvalue weighted by atomic mass is 10.1. The summed E-state index contributed by atoms with van der Waals surface area (Å²) in [5, 5.41) is 5.65. The zero-order chi connectivity index (χ0) is 25.2. The molecule has 4 aromatic rings. The Kier molecular flexibility index (Phi) is 8.70. The standard InChI is InChI=1S/C29H32N4O3/c34-27(30-21-11-9-17-23-13-3-1-4-14-23)32-25-19-7-8-20-26(25)33(29(32)36)28(35)31-22-12-10-18-24-15-5-2-6-16-24/h1-8,13-16,19-20H,9-12,17-18,21-22H2,(H,30,34)(H,31,35). The van der Waals surface area contributed by atoms with Gasteiger partial charge in [-0.05, 0) is 61.8 Å². The molecule has 0 saturated heterocycles. The van der Waals surface area contributed by atoms with E-state index in [1.54, 1.807) is 24.3 Å². The molecule has 0 aliphatic carbocycles. The van der Waals surface area contributed by atoms with Crippen LogP contribution in [0.15, 0.2) is 89.7 Å². The number of unbranched alkanes of at least 4 members (excludes halogenated alkanes) is 2. The maximum Gasteiger partial charge on any atom is 0.345 e. The third-order valence-corrected chi connectivity index (χ3v) is 6.17. The average Bonchev–Trinajstić information content (AvgIpc) is 3.21. The zero-order valence-corrected chi connectivity index (χ0v) is 20.4. The van der Waals surface area contributed by atoms with E-state index in [1.165, 1.54) is 11.1 Å². The first-order valence-corrected chi connectivity index (χ1v) is 12.5. The van der Waals surface area contributed by atoms with E-state index < -0.39 is 17.8 Å². The molecule has 3 aromatic carbocycles. The number of carbonyl (C=O) groups excluding carboxylic acids is 2. The van der Waals surface area contributed by atoms with Crippen LogP contribution >= 0.6 is 0 Å². The van der Waals surface area contributed by atoms with Crippen LogP contribution in [0.3, 0.4) is 0 Å². The molecule has 0 unspecified atom stereocenters. The Balaban J connectivity index is 1.33. The Morgan fingerprint density at radius 3 is 1.36 bits per heavy atom. The molecule has 36 heavy (non-hydrogen) atoms. The van der Waals surface area contributed by atoms with Gasteiger partial charge < -0.3 is 10.6 Å². The van der Waals surface area contributed by atoms with Crippen molar-refractivity contribution in [2.24, 2.45) is 0 Å². The number of nitrogens with zero attached hydrogens (tertiary/aromatic N) is 2. The van der Waals surface area contributed by atoms with Gasteiger partial charge in [-0.25, -0.2) is 23.5 Å². The van der Waals surface area contributed by atoms with Crippen molar-refractivity contribution in [2.75, 3.05) is 13.1 Å². The highest BCUT2D eigenvalue weighted by atomic mass is 16.2. The second-order valence-electron chi connectivity index (χ2n) is 8.79. The summed E-state index contributed by atoms with van der Waals surface area (Å²) in [7, 11) is 0. The average molecular weight is 485 g/mol. The van der Waals surface area contributed by atoms with E-state index in [2.05, 4.69) is 34.9 Å². The molecular weight excluding hydrogens is 452 g/mol. The van der Waals surface area contributed by atoms with Crippen LogP contribution in [0.1, 0.15) is 36.8 Å². The molecule has 0 atom stereocenters. The Hall–Kier alpha value is -4.13. The molecule has 0 aliphatic rings. The summed E-state index contributed by atoms with van der Waals surface area (Å²) in [6, 6.07) is 26.2. The first-order valence-electron chi connectivity index (χ1n) is 12.5.